The number of halogens is 3. The third-order valence-corrected chi connectivity index (χ3v) is 2.88. The van der Waals surface area contributed by atoms with E-state index in [0.717, 1.165) is 12.1 Å². The van der Waals surface area contributed by atoms with Gasteiger partial charge in [-0.15, -0.1) is 0 Å². The summed E-state index contributed by atoms with van der Waals surface area (Å²) in [6, 6.07) is 6.19. The number of aliphatic hydroxyl groups is 1. The van der Waals surface area contributed by atoms with Crippen LogP contribution < -0.4 is 0 Å². The van der Waals surface area contributed by atoms with E-state index in [4.69, 9.17) is 5.11 Å². The molecule has 21 heavy (non-hydrogen) atoms. The van der Waals surface area contributed by atoms with E-state index in [1.165, 1.54) is 18.5 Å². The van der Waals surface area contributed by atoms with Gasteiger partial charge in [0.15, 0.2) is 6.10 Å². The number of carbonyl (C=O) groups is 1. The third kappa shape index (κ3) is 3.19. The molecule has 1 aromatic carbocycles. The zero-order chi connectivity index (χ0) is 15.6. The van der Waals surface area contributed by atoms with E-state index in [0.29, 0.717) is 11.1 Å². The number of rotatable bonds is 3. The lowest BCUT2D eigenvalue weighted by molar-refractivity contribution is -0.149. The van der Waals surface area contributed by atoms with Gasteiger partial charge in [-0.2, -0.15) is 13.2 Å². The lowest BCUT2D eigenvalue weighted by Crippen LogP contribution is -2.17. The van der Waals surface area contributed by atoms with Crippen LogP contribution in [-0.4, -0.2) is 21.2 Å². The molecule has 1 atom stereocenters. The molecule has 0 aliphatic rings. The van der Waals surface area contributed by atoms with Crippen LogP contribution in [0.15, 0.2) is 42.7 Å². The minimum Gasteiger partial charge on any atom is -0.479 e. The molecule has 0 spiro atoms. The highest BCUT2D eigenvalue weighted by Crippen LogP contribution is 2.36. The van der Waals surface area contributed by atoms with Crippen LogP contribution in [0, 0.1) is 0 Å². The van der Waals surface area contributed by atoms with Gasteiger partial charge in [-0.1, -0.05) is 12.1 Å². The molecule has 1 heterocycles. The molecule has 4 nitrogen and oxygen atoms in total. The molecule has 0 amide bonds. The second-order valence-corrected chi connectivity index (χ2v) is 4.28. The van der Waals surface area contributed by atoms with Gasteiger partial charge in [0.25, 0.3) is 0 Å². The monoisotopic (exact) mass is 297 g/mol. The molecule has 0 aliphatic heterocycles. The molecule has 0 saturated heterocycles. The molecule has 2 N–H and O–H groups in total. The Bertz CT molecular complexity index is 656. The van der Waals surface area contributed by atoms with E-state index in [1.807, 2.05) is 0 Å². The number of carboxylic acid groups (broad SMARTS) is 1. The van der Waals surface area contributed by atoms with Crippen molar-refractivity contribution in [2.24, 2.45) is 0 Å². The molecule has 1 aromatic heterocycles. The van der Waals surface area contributed by atoms with E-state index in [2.05, 4.69) is 4.98 Å². The first-order valence-electron chi connectivity index (χ1n) is 5.83. The van der Waals surface area contributed by atoms with Crippen molar-refractivity contribution in [2.75, 3.05) is 0 Å². The van der Waals surface area contributed by atoms with Gasteiger partial charge in [0, 0.05) is 18.0 Å². The Kier molecular flexibility index (Phi) is 3.95. The molecule has 0 radical (unpaired) electrons. The zero-order valence-corrected chi connectivity index (χ0v) is 10.5. The van der Waals surface area contributed by atoms with E-state index in [9.17, 15) is 23.1 Å². The maximum atomic E-state index is 12.9. The summed E-state index contributed by atoms with van der Waals surface area (Å²) in [4.78, 5) is 14.6. The Morgan fingerprint density at radius 3 is 2.43 bits per heavy atom. The number of hydrogen-bond acceptors (Lipinski definition) is 3. The average Bonchev–Trinajstić information content (AvgIpc) is 2.45. The van der Waals surface area contributed by atoms with Crippen molar-refractivity contribution in [3.8, 4) is 11.1 Å². The Hall–Kier alpha value is -2.41. The fourth-order valence-corrected chi connectivity index (χ4v) is 1.89. The number of alkyl halides is 3. The normalized spacial score (nSPS) is 13.0. The smallest absolute Gasteiger partial charge is 0.416 e. The van der Waals surface area contributed by atoms with E-state index >= 15 is 0 Å². The summed E-state index contributed by atoms with van der Waals surface area (Å²) >= 11 is 0. The number of pyridine rings is 1. The van der Waals surface area contributed by atoms with Crippen LogP contribution in [0.2, 0.25) is 0 Å². The van der Waals surface area contributed by atoms with E-state index < -0.39 is 29.4 Å². The first kappa shape index (κ1) is 15.0. The predicted molar refractivity (Wildman–Crippen MR) is 67.3 cm³/mol. The highest BCUT2D eigenvalue weighted by atomic mass is 19.4. The molecule has 110 valence electrons. The topological polar surface area (TPSA) is 70.4 Å². The van der Waals surface area contributed by atoms with Crippen LogP contribution in [0.1, 0.15) is 17.2 Å². The Morgan fingerprint density at radius 1 is 1.19 bits per heavy atom. The Balaban J connectivity index is 2.60. The van der Waals surface area contributed by atoms with Gasteiger partial charge in [-0.05, 0) is 29.3 Å². The van der Waals surface area contributed by atoms with Crippen LogP contribution in [-0.2, 0) is 11.0 Å². The molecule has 0 saturated carbocycles. The van der Waals surface area contributed by atoms with Crippen molar-refractivity contribution in [1.82, 2.24) is 4.98 Å². The second kappa shape index (κ2) is 5.53. The molecule has 0 bridgehead atoms. The fourth-order valence-electron chi connectivity index (χ4n) is 1.89. The van der Waals surface area contributed by atoms with Gasteiger partial charge >= 0.3 is 12.1 Å². The van der Waals surface area contributed by atoms with Crippen molar-refractivity contribution in [1.29, 1.82) is 0 Å². The van der Waals surface area contributed by atoms with Crippen molar-refractivity contribution < 1.29 is 28.2 Å². The molecule has 2 aromatic rings. The van der Waals surface area contributed by atoms with Crippen LogP contribution in [0.4, 0.5) is 13.2 Å². The van der Waals surface area contributed by atoms with Gasteiger partial charge in [-0.3, -0.25) is 4.98 Å². The summed E-state index contributed by atoms with van der Waals surface area (Å²) in [5.74, 6) is -1.75. The Morgan fingerprint density at radius 2 is 1.90 bits per heavy atom. The van der Waals surface area contributed by atoms with Gasteiger partial charge in [0.05, 0.1) is 5.56 Å². The van der Waals surface area contributed by atoms with E-state index in [-0.39, 0.29) is 0 Å². The zero-order valence-electron chi connectivity index (χ0n) is 10.5. The first-order chi connectivity index (χ1) is 9.80. The molecular weight excluding hydrogens is 287 g/mol. The lowest BCUT2D eigenvalue weighted by Gasteiger charge is -2.16. The number of carboxylic acids is 1. The summed E-state index contributed by atoms with van der Waals surface area (Å²) in [5, 5.41) is 18.3. The second-order valence-electron chi connectivity index (χ2n) is 4.28. The maximum Gasteiger partial charge on any atom is 0.416 e. The maximum absolute atomic E-state index is 12.9. The predicted octanol–water partition coefficient (Wildman–Crippen LogP) is 2.89. The number of nitrogens with zero attached hydrogens (tertiary/aromatic N) is 1. The summed E-state index contributed by atoms with van der Waals surface area (Å²) < 4.78 is 38.7. The third-order valence-electron chi connectivity index (χ3n) is 2.88. The standard InChI is InChI=1S/C14H10F3NO3/c15-14(16,17)11-4-3-8(9-2-1-5-18-7-9)6-10(11)12(19)13(20)21/h1-7,12,19H,(H,20,21). The van der Waals surface area contributed by atoms with Crippen molar-refractivity contribution in [2.45, 2.75) is 12.3 Å². The SMILES string of the molecule is O=C(O)C(O)c1cc(-c2cccnc2)ccc1C(F)(F)F. The summed E-state index contributed by atoms with van der Waals surface area (Å²) in [5.41, 5.74) is -1.02. The highest BCUT2D eigenvalue weighted by Gasteiger charge is 2.36. The highest BCUT2D eigenvalue weighted by molar-refractivity contribution is 5.76. The van der Waals surface area contributed by atoms with Crippen LogP contribution in [0.3, 0.4) is 0 Å². The summed E-state index contributed by atoms with van der Waals surface area (Å²) in [7, 11) is 0. The number of benzene rings is 1. The minimum atomic E-state index is -4.75. The summed E-state index contributed by atoms with van der Waals surface area (Å²) in [6.45, 7) is 0. The lowest BCUT2D eigenvalue weighted by atomic mass is 9.96. The average molecular weight is 297 g/mol. The van der Waals surface area contributed by atoms with Gasteiger partial charge in [-0.25, -0.2) is 4.79 Å². The largest absolute Gasteiger partial charge is 0.479 e. The molecule has 0 aliphatic carbocycles. The Labute approximate surface area is 117 Å². The van der Waals surface area contributed by atoms with Crippen LogP contribution in [0.5, 0.6) is 0 Å². The van der Waals surface area contributed by atoms with Gasteiger partial charge in [0.1, 0.15) is 0 Å². The number of aliphatic hydroxyl groups excluding tert-OH is 1. The van der Waals surface area contributed by atoms with E-state index in [1.54, 1.807) is 12.1 Å². The molecule has 2 rings (SSSR count). The van der Waals surface area contributed by atoms with Crippen molar-refractivity contribution in [3.05, 3.63) is 53.9 Å². The fraction of sp³-hybridized carbons (Fsp3) is 0.143. The molecular formula is C14H10F3NO3. The summed E-state index contributed by atoms with van der Waals surface area (Å²) in [6.07, 6.45) is -4.07. The van der Waals surface area contributed by atoms with Crippen LogP contribution >= 0.6 is 0 Å². The number of hydrogen-bond donors (Lipinski definition) is 2. The van der Waals surface area contributed by atoms with Crippen LogP contribution in [0.25, 0.3) is 11.1 Å². The molecule has 0 fully saturated rings. The van der Waals surface area contributed by atoms with Gasteiger partial charge < -0.3 is 10.2 Å². The molecule has 1 unspecified atom stereocenters. The number of aliphatic carboxylic acids is 1. The quantitative estimate of drug-likeness (QED) is 0.914. The van der Waals surface area contributed by atoms with Crippen molar-refractivity contribution >= 4 is 5.97 Å². The molecule has 7 heteroatoms. The number of aromatic nitrogens is 1. The minimum absolute atomic E-state index is 0.339. The first-order valence-corrected chi connectivity index (χ1v) is 5.83. The van der Waals surface area contributed by atoms with Crippen molar-refractivity contribution in [3.63, 3.8) is 0 Å². The van der Waals surface area contributed by atoms with Gasteiger partial charge in [0.2, 0.25) is 0 Å².